The molecule has 0 N–H and O–H groups in total. The topological polar surface area (TPSA) is 82.3 Å². The molecule has 28 heavy (non-hydrogen) atoms. The molecule has 2 unspecified atom stereocenters. The van der Waals surface area contributed by atoms with E-state index in [9.17, 15) is 14.4 Å². The first-order valence-corrected chi connectivity index (χ1v) is 9.70. The van der Waals surface area contributed by atoms with Crippen molar-refractivity contribution in [2.45, 2.75) is 31.7 Å². The van der Waals surface area contributed by atoms with E-state index < -0.39 is 17.3 Å². The van der Waals surface area contributed by atoms with Crippen molar-refractivity contribution in [2.24, 2.45) is 4.99 Å². The summed E-state index contributed by atoms with van der Waals surface area (Å²) in [7, 11) is 4.39. The van der Waals surface area contributed by atoms with Crippen LogP contribution < -0.4 is 0 Å². The Labute approximate surface area is 167 Å². The summed E-state index contributed by atoms with van der Waals surface area (Å²) in [6.07, 6.45) is 0. The SMILES string of the molecule is COC(=O)C(C)SC1=[N+](Cc2cccc(C)c2)C2C(=O)N(C)C(=O)N(C)C2=N1. The molecule has 148 valence electrons. The molecule has 9 heteroatoms. The third kappa shape index (κ3) is 3.54. The summed E-state index contributed by atoms with van der Waals surface area (Å²) in [5.74, 6) is -0.341. The summed E-state index contributed by atoms with van der Waals surface area (Å²) in [5, 5.41) is 0.0149. The smallest absolute Gasteiger partial charge is 0.359 e. The van der Waals surface area contributed by atoms with Gasteiger partial charge in [0.15, 0.2) is 0 Å². The number of likely N-dealkylation sites (N-methyl/N-ethyl adjacent to an activating group) is 2. The summed E-state index contributed by atoms with van der Waals surface area (Å²) in [5.41, 5.74) is 2.12. The minimum absolute atomic E-state index is 0.337. The van der Waals surface area contributed by atoms with Gasteiger partial charge >= 0.3 is 17.2 Å². The van der Waals surface area contributed by atoms with Crippen LogP contribution in [0.5, 0.6) is 0 Å². The maximum Gasteiger partial charge on any atom is 0.359 e. The van der Waals surface area contributed by atoms with E-state index in [1.165, 1.54) is 30.8 Å². The Morgan fingerprint density at radius 3 is 2.68 bits per heavy atom. The minimum atomic E-state index is -0.708. The normalized spacial score (nSPS) is 20.3. The lowest BCUT2D eigenvalue weighted by atomic mass is 10.1. The highest BCUT2D eigenvalue weighted by molar-refractivity contribution is 8.14. The zero-order valence-corrected chi connectivity index (χ0v) is 17.3. The van der Waals surface area contributed by atoms with Gasteiger partial charge in [-0.25, -0.2) is 9.37 Å². The van der Waals surface area contributed by atoms with Gasteiger partial charge in [-0.15, -0.1) is 0 Å². The molecule has 1 aromatic rings. The maximum atomic E-state index is 12.9. The van der Waals surface area contributed by atoms with Crippen LogP contribution in [-0.2, 0) is 20.9 Å². The molecule has 2 aliphatic heterocycles. The number of ether oxygens (including phenoxy) is 1. The van der Waals surface area contributed by atoms with E-state index in [2.05, 4.69) is 4.99 Å². The van der Waals surface area contributed by atoms with E-state index in [4.69, 9.17) is 4.74 Å². The number of urea groups is 1. The fraction of sp³-hybridized carbons (Fsp3) is 0.421. The van der Waals surface area contributed by atoms with E-state index in [-0.39, 0.29) is 11.9 Å². The number of amidine groups is 2. The number of aliphatic imine (C=N–C) groups is 1. The number of nitrogens with zero attached hydrogens (tertiary/aromatic N) is 4. The molecule has 0 radical (unpaired) electrons. The lowest BCUT2D eigenvalue weighted by molar-refractivity contribution is -0.548. The Balaban J connectivity index is 2.03. The fourth-order valence-electron chi connectivity index (χ4n) is 3.21. The zero-order chi connectivity index (χ0) is 20.6. The van der Waals surface area contributed by atoms with E-state index >= 15 is 0 Å². The Kier molecular flexibility index (Phi) is 5.55. The predicted octanol–water partition coefficient (Wildman–Crippen LogP) is 1.46. The van der Waals surface area contributed by atoms with Crippen LogP contribution in [0.15, 0.2) is 29.3 Å². The van der Waals surface area contributed by atoms with E-state index in [0.29, 0.717) is 17.5 Å². The van der Waals surface area contributed by atoms with Gasteiger partial charge < -0.3 is 4.74 Å². The van der Waals surface area contributed by atoms with E-state index in [0.717, 1.165) is 16.0 Å². The van der Waals surface area contributed by atoms with Crippen LogP contribution in [0.1, 0.15) is 18.1 Å². The monoisotopic (exact) mass is 403 g/mol. The third-order valence-electron chi connectivity index (χ3n) is 4.74. The second-order valence-electron chi connectivity index (χ2n) is 6.79. The van der Waals surface area contributed by atoms with Gasteiger partial charge in [-0.3, -0.25) is 19.4 Å². The van der Waals surface area contributed by atoms with Crippen molar-refractivity contribution in [3.8, 4) is 0 Å². The average molecular weight is 403 g/mol. The summed E-state index contributed by atoms with van der Waals surface area (Å²) < 4.78 is 6.65. The maximum absolute atomic E-state index is 12.9. The van der Waals surface area contributed by atoms with Gasteiger partial charge in [-0.05, 0) is 36.2 Å². The Morgan fingerprint density at radius 1 is 1.32 bits per heavy atom. The van der Waals surface area contributed by atoms with Gasteiger partial charge in [0.25, 0.3) is 17.8 Å². The molecular weight excluding hydrogens is 380 g/mol. The summed E-state index contributed by atoms with van der Waals surface area (Å²) in [6, 6.07) is 6.83. The highest BCUT2D eigenvalue weighted by atomic mass is 32.2. The minimum Gasteiger partial charge on any atom is -0.468 e. The number of aryl methyl sites for hydroxylation is 1. The van der Waals surface area contributed by atoms with Crippen molar-refractivity contribution in [3.63, 3.8) is 0 Å². The number of rotatable bonds is 4. The number of methoxy groups -OCH3 is 1. The van der Waals surface area contributed by atoms with Crippen LogP contribution in [0.3, 0.4) is 0 Å². The molecular formula is C19H23N4O4S+. The highest BCUT2D eigenvalue weighted by Gasteiger charge is 2.53. The van der Waals surface area contributed by atoms with Crippen molar-refractivity contribution in [1.82, 2.24) is 9.80 Å². The fourth-order valence-corrected chi connectivity index (χ4v) is 4.17. The number of amides is 3. The van der Waals surface area contributed by atoms with Gasteiger partial charge in [-0.2, -0.15) is 0 Å². The second-order valence-corrected chi connectivity index (χ2v) is 8.10. The average Bonchev–Trinajstić information content (AvgIpc) is 3.02. The van der Waals surface area contributed by atoms with Crippen LogP contribution in [0, 0.1) is 6.92 Å². The lowest BCUT2D eigenvalue weighted by Gasteiger charge is -2.30. The molecule has 3 rings (SSSR count). The number of thioether (sulfide) groups is 1. The second kappa shape index (κ2) is 7.75. The standard InChI is InChI=1S/C19H23N4O4S/c1-11-7-6-8-13(9-11)10-23-14-15(21(3)19(26)22(4)16(14)24)20-18(23)28-12(2)17(25)27-5/h6-9,12,14H,10H2,1-5H3/q+1. The molecule has 1 fully saturated rings. The molecule has 0 aromatic heterocycles. The van der Waals surface area contributed by atoms with Gasteiger partial charge in [0.05, 0.1) is 7.11 Å². The molecule has 2 aliphatic rings. The molecule has 0 bridgehead atoms. The van der Waals surface area contributed by atoms with Gasteiger partial charge in [-0.1, -0.05) is 29.8 Å². The lowest BCUT2D eigenvalue weighted by Crippen LogP contribution is -2.61. The van der Waals surface area contributed by atoms with Crippen LogP contribution >= 0.6 is 11.8 Å². The van der Waals surface area contributed by atoms with Gasteiger partial charge in [0.1, 0.15) is 11.8 Å². The predicted molar refractivity (Wildman–Crippen MR) is 106 cm³/mol. The molecule has 8 nitrogen and oxygen atoms in total. The molecule has 2 atom stereocenters. The third-order valence-corrected chi connectivity index (χ3v) is 5.83. The van der Waals surface area contributed by atoms with Crippen LogP contribution in [0.4, 0.5) is 4.79 Å². The van der Waals surface area contributed by atoms with Crippen molar-refractivity contribution in [2.75, 3.05) is 21.2 Å². The van der Waals surface area contributed by atoms with E-state index in [1.54, 1.807) is 14.0 Å². The Morgan fingerprint density at radius 2 is 2.04 bits per heavy atom. The first-order chi connectivity index (χ1) is 13.2. The van der Waals surface area contributed by atoms with Crippen LogP contribution in [-0.4, -0.2) is 75.8 Å². The van der Waals surface area contributed by atoms with Gasteiger partial charge in [0.2, 0.25) is 0 Å². The Hall–Kier alpha value is -2.68. The molecule has 1 saturated heterocycles. The molecule has 0 saturated carbocycles. The highest BCUT2D eigenvalue weighted by Crippen LogP contribution is 2.26. The van der Waals surface area contributed by atoms with Crippen molar-refractivity contribution in [1.29, 1.82) is 0 Å². The number of esters is 1. The Bertz CT molecular complexity index is 911. The molecule has 1 aromatic carbocycles. The van der Waals surface area contributed by atoms with E-state index in [1.807, 2.05) is 35.8 Å². The van der Waals surface area contributed by atoms with Crippen LogP contribution in [0.2, 0.25) is 0 Å². The summed E-state index contributed by atoms with van der Waals surface area (Å²) in [6.45, 7) is 4.15. The quantitative estimate of drug-likeness (QED) is 0.562. The summed E-state index contributed by atoms with van der Waals surface area (Å²) >= 11 is 1.22. The molecule has 2 heterocycles. The number of benzene rings is 1. The number of hydrogen-bond acceptors (Lipinski definition) is 6. The number of carbonyl (C=O) groups is 3. The van der Waals surface area contributed by atoms with Crippen molar-refractivity contribution >= 4 is 40.7 Å². The number of carbonyl (C=O) groups excluding carboxylic acids is 3. The largest absolute Gasteiger partial charge is 0.468 e. The first kappa shape index (κ1) is 20.1. The summed E-state index contributed by atoms with van der Waals surface area (Å²) in [4.78, 5) is 44.1. The first-order valence-electron chi connectivity index (χ1n) is 8.82. The molecule has 3 amide bonds. The van der Waals surface area contributed by atoms with Crippen molar-refractivity contribution < 1.29 is 23.7 Å². The molecule has 0 spiro atoms. The van der Waals surface area contributed by atoms with Gasteiger partial charge in [0, 0.05) is 14.1 Å². The number of hydrogen-bond donors (Lipinski definition) is 0. The van der Waals surface area contributed by atoms with Crippen LogP contribution in [0.25, 0.3) is 0 Å². The molecule has 0 aliphatic carbocycles. The number of fused-ring (bicyclic) bond motifs is 1. The zero-order valence-electron chi connectivity index (χ0n) is 16.5. The van der Waals surface area contributed by atoms with Crippen molar-refractivity contribution in [3.05, 3.63) is 35.4 Å². The number of imide groups is 1.